The molecule has 0 bridgehead atoms. The maximum atomic E-state index is 5.85. The predicted molar refractivity (Wildman–Crippen MR) is 79.3 cm³/mol. The molecule has 0 saturated carbocycles. The Kier molecular flexibility index (Phi) is 2.52. The van der Waals surface area contributed by atoms with Gasteiger partial charge in [-0.05, 0) is 32.9 Å². The second kappa shape index (κ2) is 3.98. The van der Waals surface area contributed by atoms with Gasteiger partial charge in [-0.2, -0.15) is 0 Å². The summed E-state index contributed by atoms with van der Waals surface area (Å²) in [6, 6.07) is 5.70. The van der Waals surface area contributed by atoms with Crippen LogP contribution in [0.25, 0.3) is 16.6 Å². The minimum Gasteiger partial charge on any atom is -0.364 e. The number of hydrogen-bond acceptors (Lipinski definition) is 3. The minimum absolute atomic E-state index is 0.0563. The fourth-order valence-corrected chi connectivity index (χ4v) is 2.12. The van der Waals surface area contributed by atoms with Crippen molar-refractivity contribution in [3.8, 4) is 0 Å². The molecule has 5 heteroatoms. The van der Waals surface area contributed by atoms with Crippen molar-refractivity contribution in [1.29, 1.82) is 0 Å². The van der Waals surface area contributed by atoms with Crippen LogP contribution in [0.3, 0.4) is 0 Å². The van der Waals surface area contributed by atoms with E-state index in [1.54, 1.807) is 6.33 Å². The van der Waals surface area contributed by atoms with E-state index in [-0.39, 0.29) is 5.54 Å². The van der Waals surface area contributed by atoms with Crippen LogP contribution in [0.5, 0.6) is 0 Å². The highest BCUT2D eigenvalue weighted by Crippen LogP contribution is 2.23. The Labute approximate surface area is 113 Å². The molecular weight excluding hydrogens is 235 g/mol. The first-order valence-electron chi connectivity index (χ1n) is 6.23. The number of aromatic nitrogens is 3. The number of anilines is 1. The van der Waals surface area contributed by atoms with Crippen molar-refractivity contribution in [2.24, 2.45) is 0 Å². The Balaban J connectivity index is 2.32. The number of fused-ring (bicyclic) bond motifs is 3. The molecule has 0 aliphatic carbocycles. The molecule has 0 amide bonds. The normalized spacial score (nSPS) is 12.2. The number of nitrogens with zero attached hydrogens (tertiary/aromatic N) is 3. The van der Waals surface area contributed by atoms with Crippen molar-refractivity contribution in [1.82, 2.24) is 14.4 Å². The average Bonchev–Trinajstić information content (AvgIpc) is 2.77. The average molecular weight is 250 g/mol. The fraction of sp³-hybridized carbons (Fsp3) is 0.286. The summed E-state index contributed by atoms with van der Waals surface area (Å²) < 4.78 is 2.01. The van der Waals surface area contributed by atoms with Crippen LogP contribution in [0.4, 0.5) is 5.82 Å². The number of nitrogens with one attached hydrogen (secondary N) is 1. The molecular formula is C14H15BN4. The van der Waals surface area contributed by atoms with Gasteiger partial charge in [-0.15, -0.1) is 0 Å². The van der Waals surface area contributed by atoms with Crippen molar-refractivity contribution in [3.63, 3.8) is 0 Å². The molecule has 94 valence electrons. The molecule has 3 rings (SSSR count). The van der Waals surface area contributed by atoms with Gasteiger partial charge in [-0.1, -0.05) is 11.5 Å². The molecule has 19 heavy (non-hydrogen) atoms. The van der Waals surface area contributed by atoms with Crippen LogP contribution in [-0.2, 0) is 0 Å². The van der Waals surface area contributed by atoms with Gasteiger partial charge in [0.1, 0.15) is 13.4 Å². The lowest BCUT2D eigenvalue weighted by atomic mass is 9.96. The number of hydrogen-bond donors (Lipinski definition) is 1. The van der Waals surface area contributed by atoms with Crippen molar-refractivity contribution in [2.45, 2.75) is 26.3 Å². The van der Waals surface area contributed by atoms with E-state index >= 15 is 0 Å². The van der Waals surface area contributed by atoms with Gasteiger partial charge in [0.2, 0.25) is 0 Å². The lowest BCUT2D eigenvalue weighted by Crippen LogP contribution is -2.27. The topological polar surface area (TPSA) is 42.2 Å². The van der Waals surface area contributed by atoms with Gasteiger partial charge in [-0.25, -0.2) is 9.97 Å². The van der Waals surface area contributed by atoms with Crippen LogP contribution in [0.2, 0.25) is 0 Å². The van der Waals surface area contributed by atoms with Gasteiger partial charge in [0.05, 0.1) is 23.6 Å². The highest BCUT2D eigenvalue weighted by Gasteiger charge is 2.15. The molecule has 0 unspecified atom stereocenters. The van der Waals surface area contributed by atoms with Crippen LogP contribution in [0.1, 0.15) is 20.8 Å². The summed E-state index contributed by atoms with van der Waals surface area (Å²) in [6.45, 7) is 6.32. The lowest BCUT2D eigenvalue weighted by molar-refractivity contribution is 0.631. The third-order valence-corrected chi connectivity index (χ3v) is 2.87. The molecule has 2 heterocycles. The Morgan fingerprint density at radius 2 is 2.00 bits per heavy atom. The summed E-state index contributed by atoms with van der Waals surface area (Å²) in [5.41, 5.74) is 3.48. The second-order valence-electron chi connectivity index (χ2n) is 5.73. The largest absolute Gasteiger partial charge is 0.364 e. The van der Waals surface area contributed by atoms with Gasteiger partial charge in [0.25, 0.3) is 0 Å². The van der Waals surface area contributed by atoms with E-state index in [4.69, 9.17) is 7.85 Å². The molecule has 1 N–H and O–H groups in total. The molecule has 1 aromatic carbocycles. The first-order chi connectivity index (χ1) is 8.94. The van der Waals surface area contributed by atoms with Gasteiger partial charge in [0, 0.05) is 5.54 Å². The molecule has 3 aromatic rings. The second-order valence-corrected chi connectivity index (χ2v) is 5.73. The molecule has 0 atom stereocenters. The first kappa shape index (κ1) is 12.0. The summed E-state index contributed by atoms with van der Waals surface area (Å²) in [5.74, 6) is 0.835. The van der Waals surface area contributed by atoms with E-state index in [0.717, 1.165) is 27.8 Å². The van der Waals surface area contributed by atoms with E-state index in [0.29, 0.717) is 0 Å². The molecule has 0 fully saturated rings. The number of rotatable bonds is 1. The minimum atomic E-state index is -0.0563. The zero-order chi connectivity index (χ0) is 13.6. The smallest absolute Gasteiger partial charge is 0.153 e. The van der Waals surface area contributed by atoms with E-state index in [1.165, 1.54) is 0 Å². The first-order valence-corrected chi connectivity index (χ1v) is 6.23. The van der Waals surface area contributed by atoms with Gasteiger partial charge >= 0.3 is 0 Å². The summed E-state index contributed by atoms with van der Waals surface area (Å²) in [5, 5.41) is 3.41. The zero-order valence-corrected chi connectivity index (χ0v) is 11.3. The summed E-state index contributed by atoms with van der Waals surface area (Å²) in [7, 11) is 5.85. The lowest BCUT2D eigenvalue weighted by Gasteiger charge is -2.22. The highest BCUT2D eigenvalue weighted by molar-refractivity contribution is 6.33. The molecule has 2 radical (unpaired) electrons. The number of benzene rings is 1. The van der Waals surface area contributed by atoms with Crippen molar-refractivity contribution < 1.29 is 0 Å². The van der Waals surface area contributed by atoms with Crippen LogP contribution < -0.4 is 10.8 Å². The quantitative estimate of drug-likeness (QED) is 0.670. The Hall–Kier alpha value is -2.04. The molecule has 2 aromatic heterocycles. The van der Waals surface area contributed by atoms with Crippen LogP contribution in [0, 0.1) is 0 Å². The van der Waals surface area contributed by atoms with E-state index in [2.05, 4.69) is 36.1 Å². The van der Waals surface area contributed by atoms with Crippen LogP contribution in [0.15, 0.2) is 30.7 Å². The maximum absolute atomic E-state index is 5.85. The fourth-order valence-electron chi connectivity index (χ4n) is 2.12. The summed E-state index contributed by atoms with van der Waals surface area (Å²) >= 11 is 0. The maximum Gasteiger partial charge on any atom is 0.153 e. The van der Waals surface area contributed by atoms with Crippen molar-refractivity contribution >= 4 is 35.7 Å². The van der Waals surface area contributed by atoms with E-state index < -0.39 is 0 Å². The Morgan fingerprint density at radius 1 is 1.21 bits per heavy atom. The van der Waals surface area contributed by atoms with Crippen LogP contribution in [-0.4, -0.2) is 27.8 Å². The standard InChI is InChI=1S/C14H15BN4/c1-14(2,3)18-13-12-7-16-8-19(12)11-6-9(15)4-5-10(11)17-13/h4-8H,1-3H3,(H,17,18). The van der Waals surface area contributed by atoms with E-state index in [9.17, 15) is 0 Å². The van der Waals surface area contributed by atoms with Crippen molar-refractivity contribution in [3.05, 3.63) is 30.7 Å². The monoisotopic (exact) mass is 250 g/mol. The SMILES string of the molecule is [B]c1ccc2nc(NC(C)(C)C)c3cncn3c2c1. The Bertz CT molecular complexity index is 755. The number of imidazole rings is 1. The predicted octanol–water partition coefficient (Wildman–Crippen LogP) is 1.89. The highest BCUT2D eigenvalue weighted by atomic mass is 15.1. The molecule has 4 nitrogen and oxygen atoms in total. The third-order valence-electron chi connectivity index (χ3n) is 2.87. The Morgan fingerprint density at radius 3 is 2.74 bits per heavy atom. The summed E-state index contributed by atoms with van der Waals surface area (Å²) in [6.07, 6.45) is 3.59. The molecule has 0 saturated heterocycles. The molecule has 0 spiro atoms. The van der Waals surface area contributed by atoms with Crippen LogP contribution >= 0.6 is 0 Å². The summed E-state index contributed by atoms with van der Waals surface area (Å²) in [4.78, 5) is 8.89. The van der Waals surface area contributed by atoms with Gasteiger partial charge in [0.15, 0.2) is 5.82 Å². The van der Waals surface area contributed by atoms with Gasteiger partial charge < -0.3 is 5.32 Å². The zero-order valence-electron chi connectivity index (χ0n) is 11.3. The molecule has 0 aliphatic rings. The molecule has 0 aliphatic heterocycles. The van der Waals surface area contributed by atoms with E-state index in [1.807, 2.05) is 28.8 Å². The third kappa shape index (κ3) is 2.16. The van der Waals surface area contributed by atoms with Crippen molar-refractivity contribution in [2.75, 3.05) is 5.32 Å². The van der Waals surface area contributed by atoms with Gasteiger partial charge in [-0.3, -0.25) is 4.40 Å².